The van der Waals surface area contributed by atoms with Crippen molar-refractivity contribution in [3.8, 4) is 0 Å². The van der Waals surface area contributed by atoms with E-state index in [1.165, 1.54) is 4.88 Å². The molecule has 6 nitrogen and oxygen atoms in total. The summed E-state index contributed by atoms with van der Waals surface area (Å²) in [5.74, 6) is 0.716. The highest BCUT2D eigenvalue weighted by Gasteiger charge is 2.25. The molecule has 1 aliphatic heterocycles. The Hall–Kier alpha value is -1.90. The molecular weight excluding hydrogens is 380 g/mol. The van der Waals surface area contributed by atoms with E-state index in [1.54, 1.807) is 34.8 Å². The molecule has 1 aliphatic rings. The van der Waals surface area contributed by atoms with Crippen LogP contribution < -0.4 is 10.6 Å². The lowest BCUT2D eigenvalue weighted by molar-refractivity contribution is 0.346. The molecule has 2 aromatic rings. The first-order valence-electron chi connectivity index (χ1n) is 9.15. The normalized spacial score (nSPS) is 16.3. The van der Waals surface area contributed by atoms with Gasteiger partial charge in [-0.1, -0.05) is 24.6 Å². The van der Waals surface area contributed by atoms with Gasteiger partial charge in [-0.2, -0.15) is 4.31 Å². The van der Waals surface area contributed by atoms with Crippen LogP contribution in [0.3, 0.4) is 0 Å². The molecule has 0 saturated carbocycles. The van der Waals surface area contributed by atoms with E-state index in [0.717, 1.165) is 31.4 Å². The third kappa shape index (κ3) is 5.31. The molecule has 0 unspecified atom stereocenters. The summed E-state index contributed by atoms with van der Waals surface area (Å²) >= 11 is 1.70. The van der Waals surface area contributed by atoms with Crippen molar-refractivity contribution in [2.45, 2.75) is 37.2 Å². The summed E-state index contributed by atoms with van der Waals surface area (Å²) in [6.07, 6.45) is 3.00. The van der Waals surface area contributed by atoms with Crippen LogP contribution in [-0.2, 0) is 23.1 Å². The fraction of sp³-hybridized carbons (Fsp3) is 0.421. The van der Waals surface area contributed by atoms with Crippen molar-refractivity contribution in [1.29, 1.82) is 0 Å². The molecule has 1 aromatic carbocycles. The fourth-order valence-electron chi connectivity index (χ4n) is 3.02. The van der Waals surface area contributed by atoms with Gasteiger partial charge in [-0.05, 0) is 42.0 Å². The number of benzene rings is 1. The van der Waals surface area contributed by atoms with Gasteiger partial charge in [-0.25, -0.2) is 8.42 Å². The molecule has 0 spiro atoms. The molecule has 8 heteroatoms. The average Bonchev–Trinajstić information content (AvgIpc) is 3.23. The van der Waals surface area contributed by atoms with E-state index in [1.807, 2.05) is 23.6 Å². The molecule has 2 N–H and O–H groups in total. The minimum Gasteiger partial charge on any atom is -0.352 e. The number of piperidine rings is 1. The predicted molar refractivity (Wildman–Crippen MR) is 110 cm³/mol. The summed E-state index contributed by atoms with van der Waals surface area (Å²) < 4.78 is 27.0. The maximum absolute atomic E-state index is 12.7. The summed E-state index contributed by atoms with van der Waals surface area (Å²) in [5, 5.41) is 8.57. The van der Waals surface area contributed by atoms with E-state index < -0.39 is 10.0 Å². The third-order valence-electron chi connectivity index (χ3n) is 4.57. The van der Waals surface area contributed by atoms with Gasteiger partial charge in [0.15, 0.2) is 5.96 Å². The topological polar surface area (TPSA) is 73.8 Å². The lowest BCUT2D eigenvalue weighted by Crippen LogP contribution is -2.36. The summed E-state index contributed by atoms with van der Waals surface area (Å²) in [5.41, 5.74) is 1.01. The van der Waals surface area contributed by atoms with Gasteiger partial charge in [-0.3, -0.25) is 4.99 Å². The fourth-order valence-corrected chi connectivity index (χ4v) is 5.19. The molecule has 3 rings (SSSR count). The second kappa shape index (κ2) is 9.34. The minimum absolute atomic E-state index is 0.369. The number of hydrogen-bond donors (Lipinski definition) is 2. The number of guanidine groups is 1. The smallest absolute Gasteiger partial charge is 0.243 e. The average molecular weight is 407 g/mol. The highest BCUT2D eigenvalue weighted by atomic mass is 32.2. The third-order valence-corrected chi connectivity index (χ3v) is 7.36. The van der Waals surface area contributed by atoms with Crippen LogP contribution in [0, 0.1) is 0 Å². The number of rotatable bonds is 6. The molecule has 146 valence electrons. The van der Waals surface area contributed by atoms with Crippen LogP contribution in [0.5, 0.6) is 0 Å². The Morgan fingerprint density at radius 1 is 1.07 bits per heavy atom. The van der Waals surface area contributed by atoms with Crippen LogP contribution >= 0.6 is 11.3 Å². The van der Waals surface area contributed by atoms with Gasteiger partial charge in [0, 0.05) is 31.6 Å². The SMILES string of the molecule is CN=C(NCc1ccc(S(=O)(=O)N2CCCCC2)cc1)NCc1cccs1. The van der Waals surface area contributed by atoms with E-state index in [2.05, 4.69) is 21.7 Å². The van der Waals surface area contributed by atoms with E-state index in [0.29, 0.717) is 30.5 Å². The van der Waals surface area contributed by atoms with Crippen LogP contribution in [0.4, 0.5) is 0 Å². The Bertz CT molecular complexity index is 840. The molecule has 1 fully saturated rings. The molecule has 27 heavy (non-hydrogen) atoms. The minimum atomic E-state index is -3.37. The van der Waals surface area contributed by atoms with Gasteiger partial charge < -0.3 is 10.6 Å². The van der Waals surface area contributed by atoms with Crippen molar-refractivity contribution in [2.24, 2.45) is 4.99 Å². The van der Waals surface area contributed by atoms with Crippen molar-refractivity contribution < 1.29 is 8.42 Å². The zero-order valence-corrected chi connectivity index (χ0v) is 17.2. The van der Waals surface area contributed by atoms with Crippen LogP contribution in [0.1, 0.15) is 29.7 Å². The standard InChI is InChI=1S/C19H26N4O2S2/c1-20-19(22-15-17-6-5-13-26-17)21-14-16-7-9-18(10-8-16)27(24,25)23-11-3-2-4-12-23/h5-10,13H,2-4,11-12,14-15H2,1H3,(H2,20,21,22). The number of hydrogen-bond acceptors (Lipinski definition) is 4. The molecule has 0 radical (unpaired) electrons. The van der Waals surface area contributed by atoms with E-state index >= 15 is 0 Å². The molecular formula is C19H26N4O2S2. The Balaban J connectivity index is 1.55. The molecule has 1 saturated heterocycles. The zero-order chi connectivity index (χ0) is 19.1. The van der Waals surface area contributed by atoms with Gasteiger partial charge in [0.25, 0.3) is 0 Å². The van der Waals surface area contributed by atoms with E-state index in [9.17, 15) is 8.42 Å². The first-order valence-corrected chi connectivity index (χ1v) is 11.5. The number of thiophene rings is 1. The Morgan fingerprint density at radius 2 is 1.78 bits per heavy atom. The van der Waals surface area contributed by atoms with Gasteiger partial charge in [-0.15, -0.1) is 11.3 Å². The summed E-state index contributed by atoms with van der Waals surface area (Å²) in [6, 6.07) is 11.2. The van der Waals surface area contributed by atoms with Crippen molar-refractivity contribution in [1.82, 2.24) is 14.9 Å². The van der Waals surface area contributed by atoms with Gasteiger partial charge in [0.05, 0.1) is 11.4 Å². The van der Waals surface area contributed by atoms with E-state index in [-0.39, 0.29) is 0 Å². The number of nitrogens with one attached hydrogen (secondary N) is 2. The molecule has 2 heterocycles. The molecule has 0 amide bonds. The lowest BCUT2D eigenvalue weighted by atomic mass is 10.2. The van der Waals surface area contributed by atoms with Crippen LogP contribution in [-0.4, -0.2) is 38.8 Å². The van der Waals surface area contributed by atoms with Gasteiger partial charge in [0.1, 0.15) is 0 Å². The van der Waals surface area contributed by atoms with Crippen molar-refractivity contribution >= 4 is 27.3 Å². The van der Waals surface area contributed by atoms with Crippen LogP contribution in [0.2, 0.25) is 0 Å². The highest BCUT2D eigenvalue weighted by molar-refractivity contribution is 7.89. The number of nitrogens with zero attached hydrogens (tertiary/aromatic N) is 2. The zero-order valence-electron chi connectivity index (χ0n) is 15.5. The van der Waals surface area contributed by atoms with Crippen molar-refractivity contribution in [3.05, 3.63) is 52.2 Å². The van der Waals surface area contributed by atoms with Gasteiger partial charge >= 0.3 is 0 Å². The van der Waals surface area contributed by atoms with E-state index in [4.69, 9.17) is 0 Å². The highest BCUT2D eigenvalue weighted by Crippen LogP contribution is 2.20. The second-order valence-electron chi connectivity index (χ2n) is 6.47. The molecule has 0 bridgehead atoms. The largest absolute Gasteiger partial charge is 0.352 e. The number of sulfonamides is 1. The van der Waals surface area contributed by atoms with Crippen LogP contribution in [0.25, 0.3) is 0 Å². The molecule has 0 aliphatic carbocycles. The summed E-state index contributed by atoms with van der Waals surface area (Å²) in [4.78, 5) is 5.83. The molecule has 0 atom stereocenters. The van der Waals surface area contributed by atoms with Crippen molar-refractivity contribution in [2.75, 3.05) is 20.1 Å². The maximum Gasteiger partial charge on any atom is 0.243 e. The maximum atomic E-state index is 12.7. The Labute approximate surface area is 165 Å². The summed E-state index contributed by atoms with van der Waals surface area (Å²) in [6.45, 7) is 2.55. The second-order valence-corrected chi connectivity index (χ2v) is 9.44. The monoisotopic (exact) mass is 406 g/mol. The predicted octanol–water partition coefficient (Wildman–Crippen LogP) is 2.79. The summed E-state index contributed by atoms with van der Waals surface area (Å²) in [7, 11) is -1.64. The first kappa shape index (κ1) is 19.9. The number of aliphatic imine (C=N–C) groups is 1. The Morgan fingerprint density at radius 3 is 2.41 bits per heavy atom. The van der Waals surface area contributed by atoms with Crippen LogP contribution in [0.15, 0.2) is 51.7 Å². The lowest BCUT2D eigenvalue weighted by Gasteiger charge is -2.25. The molecule has 1 aromatic heterocycles. The Kier molecular flexibility index (Phi) is 6.87. The first-order chi connectivity index (χ1) is 13.1. The van der Waals surface area contributed by atoms with Crippen molar-refractivity contribution in [3.63, 3.8) is 0 Å². The quantitative estimate of drug-likeness (QED) is 0.571. The van der Waals surface area contributed by atoms with Gasteiger partial charge in [0.2, 0.25) is 10.0 Å².